The molecule has 1 aromatic rings. The second-order valence-electron chi connectivity index (χ2n) is 7.71. The number of nitrogens with one attached hydrogen (secondary N) is 1. The number of carboxylic acid groups (broad SMARTS) is 1. The number of amides is 3. The number of rotatable bonds is 14. The Kier molecular flexibility index (Phi) is 9.84. The molecule has 11 nitrogen and oxygen atoms in total. The van der Waals surface area contributed by atoms with Gasteiger partial charge in [0.25, 0.3) is 5.91 Å². The molecule has 2 atom stereocenters. The third kappa shape index (κ3) is 7.00. The number of aliphatic carboxylic acids is 1. The summed E-state index contributed by atoms with van der Waals surface area (Å²) in [6.45, 7) is 1.80. The van der Waals surface area contributed by atoms with E-state index >= 15 is 0 Å². The predicted molar refractivity (Wildman–Crippen MR) is 118 cm³/mol. The quantitative estimate of drug-likeness (QED) is 0.207. The van der Waals surface area contributed by atoms with Crippen LogP contribution in [0.4, 0.5) is 0 Å². The Morgan fingerprint density at radius 1 is 1.09 bits per heavy atom. The zero-order valence-corrected chi connectivity index (χ0v) is 19.5. The fourth-order valence-corrected chi connectivity index (χ4v) is 4.89. The minimum absolute atomic E-state index is 0.0476. The molecule has 186 valence electrons. The SMILES string of the molecule is O=C(O)CCOCCOCCOCC[S+]([O-])c1cccc2c1CN(C1CCC(=O)NC1=O)C2=O. The predicted octanol–water partition coefficient (Wildman–Crippen LogP) is 0.0797. The van der Waals surface area contributed by atoms with E-state index in [-0.39, 0.29) is 56.6 Å². The number of carbonyl (C=O) groups excluding carboxylic acids is 3. The van der Waals surface area contributed by atoms with Crippen molar-refractivity contribution in [1.29, 1.82) is 0 Å². The van der Waals surface area contributed by atoms with Crippen LogP contribution in [0, 0.1) is 0 Å². The zero-order chi connectivity index (χ0) is 24.5. The van der Waals surface area contributed by atoms with Crippen LogP contribution in [-0.2, 0) is 46.3 Å². The number of ether oxygens (including phenoxy) is 3. The number of benzene rings is 1. The van der Waals surface area contributed by atoms with Crippen LogP contribution in [0.3, 0.4) is 0 Å². The fraction of sp³-hybridized carbons (Fsp3) is 0.545. The van der Waals surface area contributed by atoms with E-state index in [4.69, 9.17) is 19.3 Å². The average molecular weight is 497 g/mol. The van der Waals surface area contributed by atoms with Gasteiger partial charge in [0.1, 0.15) is 11.8 Å². The molecule has 2 aliphatic rings. The number of imide groups is 1. The first kappa shape index (κ1) is 26.1. The Morgan fingerprint density at radius 3 is 2.44 bits per heavy atom. The van der Waals surface area contributed by atoms with Gasteiger partial charge in [0.05, 0.1) is 52.6 Å². The Bertz CT molecular complexity index is 910. The van der Waals surface area contributed by atoms with Crippen molar-refractivity contribution < 1.29 is 43.0 Å². The van der Waals surface area contributed by atoms with E-state index in [1.54, 1.807) is 18.2 Å². The van der Waals surface area contributed by atoms with Crippen LogP contribution in [0.2, 0.25) is 0 Å². The van der Waals surface area contributed by atoms with Crippen LogP contribution >= 0.6 is 0 Å². The summed E-state index contributed by atoms with van der Waals surface area (Å²) >= 11 is -1.40. The van der Waals surface area contributed by atoms with Gasteiger partial charge in [-0.3, -0.25) is 24.5 Å². The maximum absolute atomic E-state index is 12.9. The molecule has 0 bridgehead atoms. The highest BCUT2D eigenvalue weighted by Crippen LogP contribution is 2.32. The molecule has 1 fully saturated rings. The van der Waals surface area contributed by atoms with Crippen LogP contribution in [0.5, 0.6) is 0 Å². The number of hydrogen-bond acceptors (Lipinski definition) is 8. The molecule has 2 heterocycles. The molecule has 0 aliphatic carbocycles. The van der Waals surface area contributed by atoms with Crippen molar-refractivity contribution in [1.82, 2.24) is 10.2 Å². The molecule has 2 aliphatic heterocycles. The lowest BCUT2D eigenvalue weighted by Gasteiger charge is -2.29. The van der Waals surface area contributed by atoms with E-state index in [2.05, 4.69) is 5.32 Å². The normalized spacial score (nSPS) is 18.7. The summed E-state index contributed by atoms with van der Waals surface area (Å²) in [6, 6.07) is 4.32. The van der Waals surface area contributed by atoms with Crippen molar-refractivity contribution in [3.8, 4) is 0 Å². The van der Waals surface area contributed by atoms with Crippen LogP contribution < -0.4 is 5.32 Å². The molecule has 34 heavy (non-hydrogen) atoms. The van der Waals surface area contributed by atoms with Crippen molar-refractivity contribution in [2.24, 2.45) is 0 Å². The minimum atomic E-state index is -1.40. The fourth-order valence-electron chi connectivity index (χ4n) is 3.72. The molecule has 3 amide bonds. The highest BCUT2D eigenvalue weighted by molar-refractivity contribution is 7.91. The monoisotopic (exact) mass is 496 g/mol. The topological polar surface area (TPSA) is 155 Å². The molecule has 1 saturated heterocycles. The first-order valence-corrected chi connectivity index (χ1v) is 12.3. The average Bonchev–Trinajstić information content (AvgIpc) is 3.13. The summed E-state index contributed by atoms with van der Waals surface area (Å²) in [5, 5.41) is 10.8. The number of carbonyl (C=O) groups is 4. The summed E-state index contributed by atoms with van der Waals surface area (Å²) in [5.41, 5.74) is 1.07. The Hall–Kier alpha value is -2.51. The first-order valence-electron chi connectivity index (χ1n) is 11.0. The van der Waals surface area contributed by atoms with Crippen LogP contribution in [-0.4, -0.2) is 89.7 Å². The molecule has 12 heteroatoms. The molecule has 1 aromatic carbocycles. The molecular formula is C22H28N2O9S. The second kappa shape index (κ2) is 12.8. The molecule has 2 N–H and O–H groups in total. The summed E-state index contributed by atoms with van der Waals surface area (Å²) in [4.78, 5) is 48.8. The molecule has 0 radical (unpaired) electrons. The maximum atomic E-state index is 12.9. The summed E-state index contributed by atoms with van der Waals surface area (Å²) < 4.78 is 28.8. The van der Waals surface area contributed by atoms with E-state index in [0.717, 1.165) is 0 Å². The van der Waals surface area contributed by atoms with E-state index < -0.39 is 29.1 Å². The largest absolute Gasteiger partial charge is 0.611 e. The lowest BCUT2D eigenvalue weighted by Crippen LogP contribution is -2.52. The van der Waals surface area contributed by atoms with Crippen molar-refractivity contribution in [2.75, 3.05) is 45.4 Å². The van der Waals surface area contributed by atoms with Gasteiger partial charge in [-0.15, -0.1) is 0 Å². The number of fused-ring (bicyclic) bond motifs is 1. The van der Waals surface area contributed by atoms with Crippen molar-refractivity contribution >= 4 is 34.9 Å². The molecule has 0 aromatic heterocycles. The van der Waals surface area contributed by atoms with Gasteiger partial charge >= 0.3 is 5.97 Å². The van der Waals surface area contributed by atoms with Gasteiger partial charge in [-0.1, -0.05) is 6.07 Å². The smallest absolute Gasteiger partial charge is 0.305 e. The van der Waals surface area contributed by atoms with Gasteiger partial charge < -0.3 is 28.8 Å². The Balaban J connectivity index is 1.40. The number of carboxylic acids is 1. The van der Waals surface area contributed by atoms with Crippen LogP contribution in [0.1, 0.15) is 35.2 Å². The van der Waals surface area contributed by atoms with Gasteiger partial charge in [-0.05, 0) is 29.7 Å². The number of nitrogens with zero attached hydrogens (tertiary/aromatic N) is 1. The summed E-state index contributed by atoms with van der Waals surface area (Å²) in [5.74, 6) is -1.81. The van der Waals surface area contributed by atoms with Gasteiger partial charge in [-0.2, -0.15) is 0 Å². The number of piperidine rings is 1. The standard InChI is InChI=1S/C22H28N2O9S/c25-19-5-4-17(21(28)23-19)24-14-16-15(22(24)29)2-1-3-18(16)34(30)13-12-33-11-10-32-9-8-31-7-6-20(26)27/h1-3,17H,4-14H2,(H,26,27)(H,23,25,28). The van der Waals surface area contributed by atoms with Gasteiger partial charge in [0, 0.05) is 17.5 Å². The molecule has 3 rings (SSSR count). The summed E-state index contributed by atoms with van der Waals surface area (Å²) in [7, 11) is 0. The lowest BCUT2D eigenvalue weighted by atomic mass is 10.0. The highest BCUT2D eigenvalue weighted by atomic mass is 32.2. The van der Waals surface area contributed by atoms with Crippen molar-refractivity contribution in [2.45, 2.75) is 36.7 Å². The number of hydrogen-bond donors (Lipinski definition) is 2. The van der Waals surface area contributed by atoms with Crippen molar-refractivity contribution in [3.63, 3.8) is 0 Å². The second-order valence-corrected chi connectivity index (χ2v) is 9.25. The van der Waals surface area contributed by atoms with Gasteiger partial charge in [-0.25, -0.2) is 0 Å². The van der Waals surface area contributed by atoms with Crippen molar-refractivity contribution in [3.05, 3.63) is 29.3 Å². The Morgan fingerprint density at radius 2 is 1.76 bits per heavy atom. The van der Waals surface area contributed by atoms with Crippen LogP contribution in [0.15, 0.2) is 23.1 Å². The molecule has 0 saturated carbocycles. The highest BCUT2D eigenvalue weighted by Gasteiger charge is 2.41. The molecule has 2 unspecified atom stereocenters. The molecular weight excluding hydrogens is 468 g/mol. The zero-order valence-electron chi connectivity index (χ0n) is 18.7. The minimum Gasteiger partial charge on any atom is -0.611 e. The summed E-state index contributed by atoms with van der Waals surface area (Å²) in [6.07, 6.45) is 0.398. The third-order valence-electron chi connectivity index (χ3n) is 5.40. The van der Waals surface area contributed by atoms with Gasteiger partial charge in [0.15, 0.2) is 4.90 Å². The lowest BCUT2D eigenvalue weighted by molar-refractivity contribution is -0.139. The van der Waals surface area contributed by atoms with E-state index in [9.17, 15) is 23.7 Å². The van der Waals surface area contributed by atoms with E-state index in [1.807, 2.05) is 0 Å². The van der Waals surface area contributed by atoms with Crippen LogP contribution in [0.25, 0.3) is 0 Å². The third-order valence-corrected chi connectivity index (χ3v) is 6.81. The first-order chi connectivity index (χ1) is 16.4. The van der Waals surface area contributed by atoms with E-state index in [0.29, 0.717) is 42.4 Å². The Labute approximate surface area is 199 Å². The molecule has 0 spiro atoms. The van der Waals surface area contributed by atoms with Gasteiger partial charge in [0.2, 0.25) is 11.8 Å². The maximum Gasteiger partial charge on any atom is 0.305 e. The van der Waals surface area contributed by atoms with E-state index in [1.165, 1.54) is 4.90 Å².